The van der Waals surface area contributed by atoms with E-state index in [4.69, 9.17) is 9.47 Å². The average molecular weight is 445 g/mol. The SMILES string of the molecule is CCC[CH2][Sn](/[CH]=C/C=C\C(OCC)OCC)([CH2]CCC)[CH2]CCC. The van der Waals surface area contributed by atoms with Crippen LogP contribution in [0.4, 0.5) is 0 Å². The van der Waals surface area contributed by atoms with E-state index in [9.17, 15) is 0 Å². The Morgan fingerprint density at radius 3 is 1.54 bits per heavy atom. The van der Waals surface area contributed by atoms with Gasteiger partial charge < -0.3 is 0 Å². The van der Waals surface area contributed by atoms with Gasteiger partial charge in [-0.15, -0.1) is 0 Å². The van der Waals surface area contributed by atoms with E-state index in [1.54, 1.807) is 0 Å². The molecule has 0 bridgehead atoms. The first-order chi connectivity index (χ1) is 11.7. The zero-order valence-corrected chi connectivity index (χ0v) is 19.8. The number of rotatable bonds is 16. The van der Waals surface area contributed by atoms with Crippen LogP contribution in [-0.2, 0) is 9.47 Å². The van der Waals surface area contributed by atoms with Crippen LogP contribution < -0.4 is 0 Å². The van der Waals surface area contributed by atoms with Gasteiger partial charge in [-0.25, -0.2) is 0 Å². The molecule has 0 saturated carbocycles. The third kappa shape index (κ3) is 11.7. The Hall–Kier alpha value is 0.199. The van der Waals surface area contributed by atoms with Crippen LogP contribution >= 0.6 is 0 Å². The fourth-order valence-corrected chi connectivity index (χ4v) is 17.2. The third-order valence-electron chi connectivity index (χ3n) is 4.58. The van der Waals surface area contributed by atoms with E-state index in [1.165, 1.54) is 51.8 Å². The molecular weight excluding hydrogens is 403 g/mol. The molecule has 0 aromatic rings. The van der Waals surface area contributed by atoms with Crippen LogP contribution in [0.15, 0.2) is 22.3 Å². The zero-order chi connectivity index (χ0) is 18.1. The quantitative estimate of drug-likeness (QED) is 0.146. The van der Waals surface area contributed by atoms with Crippen molar-refractivity contribution >= 4 is 18.4 Å². The molecule has 0 aliphatic rings. The van der Waals surface area contributed by atoms with Gasteiger partial charge in [0, 0.05) is 0 Å². The van der Waals surface area contributed by atoms with Gasteiger partial charge in [0.1, 0.15) is 0 Å². The van der Waals surface area contributed by atoms with E-state index in [1.807, 2.05) is 13.8 Å². The van der Waals surface area contributed by atoms with E-state index in [0.717, 1.165) is 0 Å². The molecule has 3 heteroatoms. The molecule has 0 unspecified atom stereocenters. The van der Waals surface area contributed by atoms with Gasteiger partial charge in [-0.05, 0) is 0 Å². The molecule has 0 aliphatic heterocycles. The first-order valence-corrected chi connectivity index (χ1v) is 18.0. The molecule has 0 saturated heterocycles. The van der Waals surface area contributed by atoms with Crippen molar-refractivity contribution in [3.8, 4) is 0 Å². The summed E-state index contributed by atoms with van der Waals surface area (Å²) in [5.74, 6) is 0. The molecule has 0 atom stereocenters. The van der Waals surface area contributed by atoms with Gasteiger partial charge in [0.25, 0.3) is 0 Å². The van der Waals surface area contributed by atoms with Gasteiger partial charge in [0.2, 0.25) is 0 Å². The van der Waals surface area contributed by atoms with Crippen molar-refractivity contribution in [3.63, 3.8) is 0 Å². The Morgan fingerprint density at radius 2 is 1.17 bits per heavy atom. The van der Waals surface area contributed by atoms with E-state index in [0.29, 0.717) is 13.2 Å². The summed E-state index contributed by atoms with van der Waals surface area (Å²) in [6.07, 6.45) is 14.6. The second kappa shape index (κ2) is 16.7. The summed E-state index contributed by atoms with van der Waals surface area (Å²) in [5, 5.41) is 0. The second-order valence-corrected chi connectivity index (χ2v) is 19.7. The predicted octanol–water partition coefficient (Wildman–Crippen LogP) is 6.89. The van der Waals surface area contributed by atoms with E-state index < -0.39 is 18.4 Å². The average Bonchev–Trinajstić information content (AvgIpc) is 2.59. The Bertz CT molecular complexity index is 298. The Balaban J connectivity index is 4.94. The van der Waals surface area contributed by atoms with Crippen LogP contribution in [-0.4, -0.2) is 37.9 Å². The van der Waals surface area contributed by atoms with Crippen LogP contribution in [0.25, 0.3) is 0 Å². The topological polar surface area (TPSA) is 18.5 Å². The molecule has 0 radical (unpaired) electrons. The maximum absolute atomic E-state index is 5.58. The van der Waals surface area contributed by atoms with E-state index in [-0.39, 0.29) is 6.29 Å². The first kappa shape index (κ1) is 24.2. The van der Waals surface area contributed by atoms with Crippen LogP contribution in [0.2, 0.25) is 13.3 Å². The molecule has 0 heterocycles. The monoisotopic (exact) mass is 446 g/mol. The van der Waals surface area contributed by atoms with Crippen molar-refractivity contribution in [1.82, 2.24) is 0 Å². The van der Waals surface area contributed by atoms with Crippen molar-refractivity contribution in [2.75, 3.05) is 13.2 Å². The Morgan fingerprint density at radius 1 is 0.708 bits per heavy atom. The summed E-state index contributed by atoms with van der Waals surface area (Å²) in [6.45, 7) is 12.4. The summed E-state index contributed by atoms with van der Waals surface area (Å²) in [6, 6.07) is 0. The number of hydrogen-bond acceptors (Lipinski definition) is 2. The maximum atomic E-state index is 5.58. The molecule has 2 nitrogen and oxygen atoms in total. The van der Waals surface area contributed by atoms with Crippen LogP contribution in [0, 0.1) is 0 Å². The normalized spacial score (nSPS) is 12.9. The summed E-state index contributed by atoms with van der Waals surface area (Å²) >= 11 is -2.13. The van der Waals surface area contributed by atoms with Gasteiger partial charge in [-0.3, -0.25) is 0 Å². The van der Waals surface area contributed by atoms with Gasteiger partial charge in [-0.2, -0.15) is 0 Å². The van der Waals surface area contributed by atoms with Crippen LogP contribution in [0.1, 0.15) is 73.1 Å². The first-order valence-electron chi connectivity index (χ1n) is 10.3. The van der Waals surface area contributed by atoms with Gasteiger partial charge in [-0.1, -0.05) is 0 Å². The molecule has 142 valence electrons. The zero-order valence-electron chi connectivity index (χ0n) is 17.0. The molecule has 0 spiro atoms. The molecule has 0 amide bonds. The molecule has 0 rings (SSSR count). The summed E-state index contributed by atoms with van der Waals surface area (Å²) in [5.41, 5.74) is 0. The van der Waals surface area contributed by atoms with E-state index >= 15 is 0 Å². The standard InChI is InChI=1S/C9H15O2.3C4H9.Sn/c1-4-7-8-9(10-5-2)11-6-3;3*1-3-4-2;/h1,4,7-9H,5-6H2,2-3H3;3*1,3-4H2,2H3;/b4-1?,8-7-;;;;. The third-order valence-corrected chi connectivity index (χ3v) is 18.7. The summed E-state index contributed by atoms with van der Waals surface area (Å²) in [4.78, 5) is 0. The van der Waals surface area contributed by atoms with Crippen molar-refractivity contribution in [2.24, 2.45) is 0 Å². The molecule has 0 N–H and O–H groups in total. The molecule has 0 aliphatic carbocycles. The predicted molar refractivity (Wildman–Crippen MR) is 110 cm³/mol. The molecule has 0 aromatic heterocycles. The van der Waals surface area contributed by atoms with Crippen molar-refractivity contribution in [3.05, 3.63) is 22.3 Å². The Labute approximate surface area is 156 Å². The minimum atomic E-state index is -2.13. The van der Waals surface area contributed by atoms with Crippen molar-refractivity contribution < 1.29 is 9.47 Å². The minimum absolute atomic E-state index is 0.198. The Kier molecular flexibility index (Phi) is 16.8. The van der Waals surface area contributed by atoms with Crippen molar-refractivity contribution in [1.29, 1.82) is 0 Å². The summed E-state index contributed by atoms with van der Waals surface area (Å²) < 4.78 is 18.4. The molecular formula is C21H42O2Sn. The van der Waals surface area contributed by atoms with E-state index in [2.05, 4.69) is 43.1 Å². The van der Waals surface area contributed by atoms with Gasteiger partial charge in [0.15, 0.2) is 0 Å². The van der Waals surface area contributed by atoms with Crippen LogP contribution in [0.3, 0.4) is 0 Å². The fraction of sp³-hybridized carbons (Fsp3) is 0.810. The van der Waals surface area contributed by atoms with Gasteiger partial charge in [0.05, 0.1) is 0 Å². The number of allylic oxidation sites excluding steroid dienone is 2. The fourth-order valence-electron chi connectivity index (χ4n) is 3.11. The molecule has 24 heavy (non-hydrogen) atoms. The number of hydrogen-bond donors (Lipinski definition) is 0. The van der Waals surface area contributed by atoms with Crippen molar-refractivity contribution in [2.45, 2.75) is 92.7 Å². The van der Waals surface area contributed by atoms with Crippen LogP contribution in [0.5, 0.6) is 0 Å². The molecule has 0 aromatic carbocycles. The summed E-state index contributed by atoms with van der Waals surface area (Å²) in [7, 11) is 0. The number of unbranched alkanes of at least 4 members (excludes halogenated alkanes) is 3. The second-order valence-electron chi connectivity index (χ2n) is 6.70. The molecule has 0 fully saturated rings. The van der Waals surface area contributed by atoms with Gasteiger partial charge >= 0.3 is 156 Å². The number of ether oxygens (including phenoxy) is 2.